The first-order valence-electron chi connectivity index (χ1n) is 10.4. The minimum absolute atomic E-state index is 0.0988. The third-order valence-electron chi connectivity index (χ3n) is 4.44. The number of rotatable bonds is 9. The van der Waals surface area contributed by atoms with Crippen molar-refractivity contribution >= 4 is 40.9 Å². The molecule has 0 aliphatic rings. The van der Waals surface area contributed by atoms with Crippen molar-refractivity contribution in [1.82, 2.24) is 0 Å². The molecule has 8 heteroatoms. The minimum Gasteiger partial charge on any atom is -0.490 e. The van der Waals surface area contributed by atoms with Crippen molar-refractivity contribution in [3.8, 4) is 17.6 Å². The third kappa shape index (κ3) is 7.12. The van der Waals surface area contributed by atoms with E-state index in [2.05, 4.69) is 10.6 Å². The number of hydrogen-bond acceptors (Lipinski definition) is 5. The minimum atomic E-state index is -0.569. The zero-order valence-electron chi connectivity index (χ0n) is 18.4. The average Bonchev–Trinajstić information content (AvgIpc) is 2.82. The summed E-state index contributed by atoms with van der Waals surface area (Å²) in [5.41, 5.74) is 1.61. The van der Waals surface area contributed by atoms with Crippen molar-refractivity contribution in [2.24, 2.45) is 0 Å². The van der Waals surface area contributed by atoms with E-state index in [4.69, 9.17) is 21.1 Å². The van der Waals surface area contributed by atoms with Gasteiger partial charge in [-0.3, -0.25) is 9.59 Å². The molecule has 7 nitrogen and oxygen atoms in total. The number of anilines is 2. The largest absolute Gasteiger partial charge is 0.490 e. The number of carbonyl (C=O) groups excluding carboxylic acids is 2. The van der Waals surface area contributed by atoms with Crippen LogP contribution in [-0.2, 0) is 9.59 Å². The van der Waals surface area contributed by atoms with Crippen LogP contribution in [0.15, 0.2) is 78.4 Å². The molecule has 0 radical (unpaired) electrons. The first-order valence-corrected chi connectivity index (χ1v) is 10.8. The van der Waals surface area contributed by atoms with Gasteiger partial charge in [-0.25, -0.2) is 0 Å². The number of benzene rings is 3. The molecule has 3 aromatic rings. The second kappa shape index (κ2) is 12.1. The van der Waals surface area contributed by atoms with Gasteiger partial charge >= 0.3 is 0 Å². The number of halogens is 1. The molecular formula is C26H22ClN3O4. The predicted octanol–water partition coefficient (Wildman–Crippen LogP) is 5.30. The number of nitriles is 1. The fourth-order valence-electron chi connectivity index (χ4n) is 2.94. The van der Waals surface area contributed by atoms with Gasteiger partial charge in [-0.2, -0.15) is 5.26 Å². The van der Waals surface area contributed by atoms with Crippen molar-refractivity contribution in [1.29, 1.82) is 5.26 Å². The van der Waals surface area contributed by atoms with Crippen molar-refractivity contribution in [3.05, 3.63) is 89.0 Å². The van der Waals surface area contributed by atoms with Crippen molar-refractivity contribution in [3.63, 3.8) is 0 Å². The van der Waals surface area contributed by atoms with Crippen LogP contribution >= 0.6 is 11.6 Å². The van der Waals surface area contributed by atoms with E-state index < -0.39 is 5.91 Å². The van der Waals surface area contributed by atoms with Gasteiger partial charge < -0.3 is 20.1 Å². The lowest BCUT2D eigenvalue weighted by Crippen LogP contribution is -2.20. The molecule has 3 aromatic carbocycles. The maximum absolute atomic E-state index is 12.5. The first kappa shape index (κ1) is 24.4. The monoisotopic (exact) mass is 475 g/mol. The molecular weight excluding hydrogens is 454 g/mol. The summed E-state index contributed by atoms with van der Waals surface area (Å²) in [4.78, 5) is 24.7. The summed E-state index contributed by atoms with van der Waals surface area (Å²) < 4.78 is 11.3. The quantitative estimate of drug-likeness (QED) is 0.323. The summed E-state index contributed by atoms with van der Waals surface area (Å²) in [6.45, 7) is 1.96. The molecule has 3 rings (SSSR count). The number of para-hydroxylation sites is 1. The molecule has 2 N–H and O–H groups in total. The lowest BCUT2D eigenvalue weighted by molar-refractivity contribution is -0.118. The maximum atomic E-state index is 12.5. The van der Waals surface area contributed by atoms with Gasteiger partial charge in [0.15, 0.2) is 18.1 Å². The topological polar surface area (TPSA) is 100 Å². The van der Waals surface area contributed by atoms with E-state index in [-0.39, 0.29) is 18.1 Å². The molecule has 0 spiro atoms. The summed E-state index contributed by atoms with van der Waals surface area (Å²) in [6.07, 6.45) is 1.44. The van der Waals surface area contributed by atoms with Gasteiger partial charge in [-0.1, -0.05) is 41.9 Å². The molecule has 0 aromatic heterocycles. The fraction of sp³-hybridized carbons (Fsp3) is 0.115. The SMILES string of the molecule is CCOc1cc(/C=C(\C#N)C(=O)Nc2cccc(Cl)c2)ccc1OCC(=O)Nc1ccccc1. The third-order valence-corrected chi connectivity index (χ3v) is 4.68. The number of ether oxygens (including phenoxy) is 2. The first-order chi connectivity index (χ1) is 16.5. The lowest BCUT2D eigenvalue weighted by atomic mass is 10.1. The number of nitrogens with one attached hydrogen (secondary N) is 2. The summed E-state index contributed by atoms with van der Waals surface area (Å²) in [6, 6.07) is 22.5. The van der Waals surface area contributed by atoms with Crippen molar-refractivity contribution < 1.29 is 19.1 Å². The Balaban J connectivity index is 1.71. The molecule has 34 heavy (non-hydrogen) atoms. The van der Waals surface area contributed by atoms with Crippen LogP contribution < -0.4 is 20.1 Å². The Labute approximate surface area is 202 Å². The van der Waals surface area contributed by atoms with E-state index in [1.165, 1.54) is 6.08 Å². The van der Waals surface area contributed by atoms with Gasteiger partial charge in [0, 0.05) is 16.4 Å². The highest BCUT2D eigenvalue weighted by molar-refractivity contribution is 6.31. The van der Waals surface area contributed by atoms with E-state index in [0.29, 0.717) is 40.1 Å². The molecule has 0 bridgehead atoms. The number of amides is 2. The smallest absolute Gasteiger partial charge is 0.266 e. The summed E-state index contributed by atoms with van der Waals surface area (Å²) in [5, 5.41) is 15.3. The molecule has 0 unspecified atom stereocenters. The molecule has 0 heterocycles. The Morgan fingerprint density at radius 2 is 1.71 bits per heavy atom. The van der Waals surface area contributed by atoms with Crippen LogP contribution in [0.1, 0.15) is 12.5 Å². The highest BCUT2D eigenvalue weighted by atomic mass is 35.5. The second-order valence-electron chi connectivity index (χ2n) is 6.98. The molecule has 0 atom stereocenters. The van der Waals surface area contributed by atoms with E-state index in [9.17, 15) is 14.9 Å². The number of carbonyl (C=O) groups is 2. The average molecular weight is 476 g/mol. The van der Waals surface area contributed by atoms with Crippen molar-refractivity contribution in [2.45, 2.75) is 6.92 Å². The number of nitrogens with zero attached hydrogens (tertiary/aromatic N) is 1. The summed E-state index contributed by atoms with van der Waals surface area (Å²) >= 11 is 5.94. The van der Waals surface area contributed by atoms with Gasteiger partial charge in [-0.15, -0.1) is 0 Å². The Morgan fingerprint density at radius 3 is 2.41 bits per heavy atom. The van der Waals surface area contributed by atoms with Gasteiger partial charge in [0.1, 0.15) is 11.6 Å². The Kier molecular flexibility index (Phi) is 8.67. The second-order valence-corrected chi connectivity index (χ2v) is 7.41. The van der Waals surface area contributed by atoms with E-state index in [1.807, 2.05) is 31.2 Å². The van der Waals surface area contributed by atoms with Gasteiger partial charge in [0.2, 0.25) is 0 Å². The van der Waals surface area contributed by atoms with Crippen LogP contribution in [0.5, 0.6) is 11.5 Å². The van der Waals surface area contributed by atoms with E-state index >= 15 is 0 Å². The maximum Gasteiger partial charge on any atom is 0.266 e. The molecule has 0 aliphatic carbocycles. The van der Waals surface area contributed by atoms with Crippen molar-refractivity contribution in [2.75, 3.05) is 23.8 Å². The van der Waals surface area contributed by atoms with Crippen LogP contribution in [-0.4, -0.2) is 25.0 Å². The Hall–Kier alpha value is -4.28. The zero-order chi connectivity index (χ0) is 24.3. The van der Waals surface area contributed by atoms with Crippen LogP contribution in [0.4, 0.5) is 11.4 Å². The molecule has 0 fully saturated rings. The molecule has 0 aliphatic heterocycles. The van der Waals surface area contributed by atoms with Crippen LogP contribution in [0.3, 0.4) is 0 Å². The predicted molar refractivity (Wildman–Crippen MR) is 132 cm³/mol. The van der Waals surface area contributed by atoms with Gasteiger partial charge in [-0.05, 0) is 61.0 Å². The molecule has 172 valence electrons. The highest BCUT2D eigenvalue weighted by Gasteiger charge is 2.13. The van der Waals surface area contributed by atoms with Crippen LogP contribution in [0, 0.1) is 11.3 Å². The summed E-state index contributed by atoms with van der Waals surface area (Å²) in [5.74, 6) is -0.136. The summed E-state index contributed by atoms with van der Waals surface area (Å²) in [7, 11) is 0. The molecule has 0 saturated heterocycles. The highest BCUT2D eigenvalue weighted by Crippen LogP contribution is 2.29. The number of hydrogen-bond donors (Lipinski definition) is 2. The molecule has 2 amide bonds. The van der Waals surface area contributed by atoms with Crippen LogP contribution in [0.2, 0.25) is 5.02 Å². The zero-order valence-corrected chi connectivity index (χ0v) is 19.1. The van der Waals surface area contributed by atoms with Gasteiger partial charge in [0.05, 0.1) is 6.61 Å². The molecule has 0 saturated carbocycles. The van der Waals surface area contributed by atoms with E-state index in [0.717, 1.165) is 0 Å². The van der Waals surface area contributed by atoms with Crippen LogP contribution in [0.25, 0.3) is 6.08 Å². The fourth-order valence-corrected chi connectivity index (χ4v) is 3.13. The Bertz CT molecular complexity index is 1240. The van der Waals surface area contributed by atoms with E-state index in [1.54, 1.807) is 54.6 Å². The lowest BCUT2D eigenvalue weighted by Gasteiger charge is -2.13. The standard InChI is InChI=1S/C26H22ClN3O4/c1-2-33-24-14-18(13-19(16-28)26(32)30-22-10-6-7-20(27)15-22)11-12-23(24)34-17-25(31)29-21-8-4-3-5-9-21/h3-15H,2,17H2,1H3,(H,29,31)(H,30,32)/b19-13+. The Morgan fingerprint density at radius 1 is 0.941 bits per heavy atom. The normalized spacial score (nSPS) is 10.7. The van der Waals surface area contributed by atoms with Gasteiger partial charge in [0.25, 0.3) is 11.8 Å².